The Balaban J connectivity index is 2.64. The zero-order chi connectivity index (χ0) is 11.9. The average molecular weight is 223 g/mol. The lowest BCUT2D eigenvalue weighted by Gasteiger charge is -2.04. The van der Waals surface area contributed by atoms with Crippen LogP contribution in [0.3, 0.4) is 0 Å². The summed E-state index contributed by atoms with van der Waals surface area (Å²) in [6.07, 6.45) is 0. The van der Waals surface area contributed by atoms with Gasteiger partial charge < -0.3 is 10.2 Å². The van der Waals surface area contributed by atoms with Gasteiger partial charge in [0.05, 0.1) is 5.69 Å². The molecular weight excluding hydrogens is 212 g/mol. The summed E-state index contributed by atoms with van der Waals surface area (Å²) in [5.74, 6) is -0.132. The van der Waals surface area contributed by atoms with Crippen LogP contribution in [0.4, 0.5) is 14.5 Å². The van der Waals surface area contributed by atoms with Crippen molar-refractivity contribution >= 4 is 5.69 Å². The summed E-state index contributed by atoms with van der Waals surface area (Å²) in [6.45, 7) is 3.49. The molecule has 0 fully saturated rings. The molecule has 0 saturated carbocycles. The molecule has 1 heterocycles. The Bertz CT molecular complexity index is 546. The second-order valence-electron chi connectivity index (χ2n) is 3.68. The van der Waals surface area contributed by atoms with Gasteiger partial charge in [-0.3, -0.25) is 0 Å². The van der Waals surface area contributed by atoms with E-state index in [4.69, 9.17) is 10.2 Å². The summed E-state index contributed by atoms with van der Waals surface area (Å²) in [5.41, 5.74) is 6.19. The van der Waals surface area contributed by atoms with Gasteiger partial charge in [0.15, 0.2) is 0 Å². The molecule has 2 nitrogen and oxygen atoms in total. The number of benzene rings is 1. The molecule has 0 unspecified atom stereocenters. The molecule has 0 amide bonds. The van der Waals surface area contributed by atoms with Gasteiger partial charge in [0.1, 0.15) is 23.2 Å². The van der Waals surface area contributed by atoms with Crippen LogP contribution < -0.4 is 5.73 Å². The molecule has 84 valence electrons. The van der Waals surface area contributed by atoms with Crippen molar-refractivity contribution < 1.29 is 13.2 Å². The number of nitrogens with two attached hydrogens (primary N) is 1. The Morgan fingerprint density at radius 3 is 2.25 bits per heavy atom. The second-order valence-corrected chi connectivity index (χ2v) is 3.68. The lowest BCUT2D eigenvalue weighted by Crippen LogP contribution is -1.94. The van der Waals surface area contributed by atoms with E-state index < -0.39 is 11.6 Å². The maximum atomic E-state index is 13.6. The van der Waals surface area contributed by atoms with E-state index in [1.165, 1.54) is 6.07 Å². The third-order valence-electron chi connectivity index (χ3n) is 2.42. The number of aryl methyl sites for hydroxylation is 2. The van der Waals surface area contributed by atoms with Crippen molar-refractivity contribution in [3.05, 3.63) is 41.4 Å². The smallest absolute Gasteiger partial charge is 0.149 e. The van der Waals surface area contributed by atoms with E-state index in [1.54, 1.807) is 19.9 Å². The Kier molecular flexibility index (Phi) is 2.42. The fraction of sp³-hybridized carbons (Fsp3) is 0.167. The summed E-state index contributed by atoms with van der Waals surface area (Å²) >= 11 is 0. The number of hydrogen-bond donors (Lipinski definition) is 1. The third-order valence-corrected chi connectivity index (χ3v) is 2.42. The lowest BCUT2D eigenvalue weighted by atomic mass is 10.0. The van der Waals surface area contributed by atoms with Crippen LogP contribution in [0.1, 0.15) is 11.5 Å². The van der Waals surface area contributed by atoms with E-state index in [9.17, 15) is 8.78 Å². The van der Waals surface area contributed by atoms with Crippen molar-refractivity contribution in [1.29, 1.82) is 0 Å². The highest BCUT2D eigenvalue weighted by Crippen LogP contribution is 2.31. The van der Waals surface area contributed by atoms with Crippen molar-refractivity contribution in [2.75, 3.05) is 5.73 Å². The summed E-state index contributed by atoms with van der Waals surface area (Å²) in [6, 6.07) is 3.76. The molecular formula is C12H11F2NO. The summed E-state index contributed by atoms with van der Waals surface area (Å²) in [7, 11) is 0. The molecule has 0 spiro atoms. The van der Waals surface area contributed by atoms with Crippen LogP contribution in [0.2, 0.25) is 0 Å². The highest BCUT2D eigenvalue weighted by Gasteiger charge is 2.14. The first-order valence-electron chi connectivity index (χ1n) is 4.81. The first-order valence-corrected chi connectivity index (χ1v) is 4.81. The Hall–Kier alpha value is -1.84. The van der Waals surface area contributed by atoms with Gasteiger partial charge in [-0.1, -0.05) is 0 Å². The van der Waals surface area contributed by atoms with Crippen molar-refractivity contribution in [1.82, 2.24) is 0 Å². The predicted octanol–water partition coefficient (Wildman–Crippen LogP) is 3.42. The van der Waals surface area contributed by atoms with Crippen molar-refractivity contribution in [3.8, 4) is 11.1 Å². The maximum Gasteiger partial charge on any atom is 0.149 e. The quantitative estimate of drug-likeness (QED) is 0.752. The molecule has 16 heavy (non-hydrogen) atoms. The maximum absolute atomic E-state index is 13.6. The van der Waals surface area contributed by atoms with Gasteiger partial charge in [-0.2, -0.15) is 0 Å². The monoisotopic (exact) mass is 223 g/mol. The van der Waals surface area contributed by atoms with Gasteiger partial charge in [0, 0.05) is 17.2 Å². The Labute approximate surface area is 91.7 Å². The number of rotatable bonds is 1. The molecule has 0 radical (unpaired) electrons. The van der Waals surface area contributed by atoms with Crippen LogP contribution in [-0.4, -0.2) is 0 Å². The number of nitrogen functional groups attached to an aromatic ring is 1. The van der Waals surface area contributed by atoms with E-state index in [1.807, 2.05) is 0 Å². The topological polar surface area (TPSA) is 39.2 Å². The van der Waals surface area contributed by atoms with E-state index in [0.29, 0.717) is 17.1 Å². The normalized spacial score (nSPS) is 10.8. The summed E-state index contributed by atoms with van der Waals surface area (Å²) < 4.78 is 31.9. The number of hydrogen-bond acceptors (Lipinski definition) is 2. The zero-order valence-electron chi connectivity index (χ0n) is 8.97. The van der Waals surface area contributed by atoms with E-state index in [-0.39, 0.29) is 11.3 Å². The minimum atomic E-state index is -0.751. The van der Waals surface area contributed by atoms with Crippen molar-refractivity contribution in [3.63, 3.8) is 0 Å². The van der Waals surface area contributed by atoms with Gasteiger partial charge in [-0.05, 0) is 26.0 Å². The highest BCUT2D eigenvalue weighted by atomic mass is 19.1. The van der Waals surface area contributed by atoms with Gasteiger partial charge in [-0.15, -0.1) is 0 Å². The zero-order valence-corrected chi connectivity index (χ0v) is 8.97. The van der Waals surface area contributed by atoms with E-state index in [2.05, 4.69) is 0 Å². The number of halogens is 2. The van der Waals surface area contributed by atoms with Gasteiger partial charge >= 0.3 is 0 Å². The van der Waals surface area contributed by atoms with Crippen LogP contribution in [0, 0.1) is 25.5 Å². The Morgan fingerprint density at radius 2 is 1.69 bits per heavy atom. The van der Waals surface area contributed by atoms with E-state index in [0.717, 1.165) is 6.07 Å². The predicted molar refractivity (Wildman–Crippen MR) is 57.9 cm³/mol. The summed E-state index contributed by atoms with van der Waals surface area (Å²) in [4.78, 5) is 0. The molecule has 0 saturated heterocycles. The van der Waals surface area contributed by atoms with Crippen LogP contribution in [0.5, 0.6) is 0 Å². The average Bonchev–Trinajstić information content (AvgIpc) is 2.51. The lowest BCUT2D eigenvalue weighted by molar-refractivity contribution is 0.505. The SMILES string of the molecule is Cc1cc(-c2cc(N)c(F)cc2F)c(C)o1. The molecule has 0 bridgehead atoms. The van der Waals surface area contributed by atoms with Crippen molar-refractivity contribution in [2.45, 2.75) is 13.8 Å². The molecule has 1 aromatic heterocycles. The summed E-state index contributed by atoms with van der Waals surface area (Å²) in [5, 5.41) is 0. The first kappa shape index (κ1) is 10.7. The van der Waals surface area contributed by atoms with Crippen LogP contribution >= 0.6 is 0 Å². The Morgan fingerprint density at radius 1 is 1.00 bits per heavy atom. The highest BCUT2D eigenvalue weighted by molar-refractivity contribution is 5.70. The molecule has 2 N–H and O–H groups in total. The van der Waals surface area contributed by atoms with E-state index >= 15 is 0 Å². The second kappa shape index (κ2) is 3.63. The number of furan rings is 1. The van der Waals surface area contributed by atoms with Crippen LogP contribution in [0.15, 0.2) is 22.6 Å². The fourth-order valence-electron chi connectivity index (χ4n) is 1.67. The van der Waals surface area contributed by atoms with Crippen molar-refractivity contribution in [2.24, 2.45) is 0 Å². The van der Waals surface area contributed by atoms with Gasteiger partial charge in [0.2, 0.25) is 0 Å². The van der Waals surface area contributed by atoms with Gasteiger partial charge in [-0.25, -0.2) is 8.78 Å². The standard InChI is InChI=1S/C12H11F2NO/c1-6-3-8(7(2)16-6)9-4-12(15)11(14)5-10(9)13/h3-5H,15H2,1-2H3. The minimum absolute atomic E-state index is 0.0744. The third kappa shape index (κ3) is 1.66. The molecule has 1 aromatic carbocycles. The van der Waals surface area contributed by atoms with Gasteiger partial charge in [0.25, 0.3) is 0 Å². The molecule has 2 rings (SSSR count). The largest absolute Gasteiger partial charge is 0.466 e. The first-order chi connectivity index (χ1) is 7.49. The molecule has 0 atom stereocenters. The molecule has 4 heteroatoms. The minimum Gasteiger partial charge on any atom is -0.466 e. The molecule has 2 aromatic rings. The van der Waals surface area contributed by atoms with Crippen LogP contribution in [-0.2, 0) is 0 Å². The van der Waals surface area contributed by atoms with Crippen LogP contribution in [0.25, 0.3) is 11.1 Å². The molecule has 0 aliphatic heterocycles. The molecule has 0 aliphatic carbocycles. The molecule has 0 aliphatic rings. The fourth-order valence-corrected chi connectivity index (χ4v) is 1.67. The number of anilines is 1.